The Kier molecular flexibility index (Phi) is 8.23. The van der Waals surface area contributed by atoms with Crippen LogP contribution in [0.3, 0.4) is 0 Å². The molecule has 0 fully saturated rings. The van der Waals surface area contributed by atoms with Crippen molar-refractivity contribution < 1.29 is 0 Å². The number of allylic oxidation sites excluding steroid dienone is 6. The van der Waals surface area contributed by atoms with E-state index in [1.54, 1.807) is 11.3 Å². The van der Waals surface area contributed by atoms with E-state index in [4.69, 9.17) is 0 Å². The van der Waals surface area contributed by atoms with Gasteiger partial charge in [-0.2, -0.15) is 0 Å². The summed E-state index contributed by atoms with van der Waals surface area (Å²) in [6.45, 7) is 0. The zero-order valence-corrected chi connectivity index (χ0v) is 31.9. The molecule has 8 aromatic rings. The first-order valence-electron chi connectivity index (χ1n) is 20.8. The lowest BCUT2D eigenvalue weighted by atomic mass is 9.89. The number of hydrogen-bond donors (Lipinski definition) is 0. The normalized spacial score (nSPS) is 18.3. The van der Waals surface area contributed by atoms with Gasteiger partial charge in [-0.15, -0.1) is 0 Å². The maximum absolute atomic E-state index is 2.75. The predicted molar refractivity (Wildman–Crippen MR) is 237 cm³/mol. The first-order chi connectivity index (χ1) is 27.8. The van der Waals surface area contributed by atoms with Gasteiger partial charge in [0.2, 0.25) is 0 Å². The average Bonchev–Trinajstić information content (AvgIpc) is 3.79. The van der Waals surface area contributed by atoms with Gasteiger partial charge >= 0.3 is 0 Å². The largest absolute Gasteiger partial charge is 0.337 e. The summed E-state index contributed by atoms with van der Waals surface area (Å²) in [4.78, 5) is 0. The molecule has 272 valence electrons. The van der Waals surface area contributed by atoms with E-state index in [2.05, 4.69) is 179 Å². The SMILES string of the molecule is C1=CC(c2ccccc2)=CC(n2c3ccccc3c3cc(-c4ccc5c(c4)c4c(n5C5C=C(c6ccc(-c7ccccc7)cc6)CCC5)CCCC4)ccc32)C1. The average molecular weight is 723 g/mol. The van der Waals surface area contributed by atoms with Crippen molar-refractivity contribution in [3.63, 3.8) is 0 Å². The van der Waals surface area contributed by atoms with E-state index in [-0.39, 0.29) is 6.04 Å². The molecule has 11 rings (SSSR count). The van der Waals surface area contributed by atoms with Gasteiger partial charge < -0.3 is 9.13 Å². The molecule has 2 unspecified atom stereocenters. The van der Waals surface area contributed by atoms with E-state index in [1.807, 2.05) is 0 Å². The Hall–Kier alpha value is -6.12. The molecule has 56 heavy (non-hydrogen) atoms. The third-order valence-electron chi connectivity index (χ3n) is 12.9. The minimum absolute atomic E-state index is 0.258. The molecule has 0 spiro atoms. The fourth-order valence-corrected chi connectivity index (χ4v) is 10.2. The molecular formula is C54H46N2. The van der Waals surface area contributed by atoms with Gasteiger partial charge in [-0.1, -0.05) is 140 Å². The molecule has 0 bridgehead atoms. The summed E-state index contributed by atoms with van der Waals surface area (Å²) in [6, 6.07) is 55.0. The summed E-state index contributed by atoms with van der Waals surface area (Å²) in [5.74, 6) is 0. The molecule has 3 aliphatic rings. The van der Waals surface area contributed by atoms with Gasteiger partial charge in [-0.3, -0.25) is 0 Å². The molecule has 6 aromatic carbocycles. The van der Waals surface area contributed by atoms with Crippen molar-refractivity contribution in [3.05, 3.63) is 192 Å². The number of aryl methyl sites for hydroxylation is 1. The maximum atomic E-state index is 2.75. The first-order valence-corrected chi connectivity index (χ1v) is 20.8. The van der Waals surface area contributed by atoms with Crippen LogP contribution in [0.25, 0.3) is 66.1 Å². The number of rotatable bonds is 6. The van der Waals surface area contributed by atoms with Crippen LogP contribution in [0.15, 0.2) is 170 Å². The summed E-state index contributed by atoms with van der Waals surface area (Å²) in [7, 11) is 0. The monoisotopic (exact) mass is 722 g/mol. The number of nitrogens with zero attached hydrogens (tertiary/aromatic N) is 2. The molecule has 2 heteroatoms. The van der Waals surface area contributed by atoms with Crippen LogP contribution in [0.5, 0.6) is 0 Å². The van der Waals surface area contributed by atoms with E-state index in [0.717, 1.165) is 12.8 Å². The molecule has 0 saturated carbocycles. The number of hydrogen-bond acceptors (Lipinski definition) is 0. The van der Waals surface area contributed by atoms with Gasteiger partial charge in [0.25, 0.3) is 0 Å². The number of benzene rings is 6. The molecule has 2 aromatic heterocycles. The Bertz CT molecular complexity index is 2840. The Balaban J connectivity index is 0.968. The lowest BCUT2D eigenvalue weighted by molar-refractivity contribution is 0.508. The molecule has 0 aliphatic heterocycles. The van der Waals surface area contributed by atoms with E-state index < -0.39 is 0 Å². The van der Waals surface area contributed by atoms with Gasteiger partial charge in [0, 0.05) is 38.4 Å². The number of aromatic nitrogens is 2. The highest BCUT2D eigenvalue weighted by atomic mass is 15.0. The maximum Gasteiger partial charge on any atom is 0.0566 e. The summed E-state index contributed by atoms with van der Waals surface area (Å²) in [6.07, 6.45) is 19.1. The fourth-order valence-electron chi connectivity index (χ4n) is 10.2. The van der Waals surface area contributed by atoms with Crippen LogP contribution >= 0.6 is 0 Å². The second-order valence-electron chi connectivity index (χ2n) is 16.1. The molecule has 3 aliphatic carbocycles. The molecule has 2 heterocycles. The molecule has 2 atom stereocenters. The Morgan fingerprint density at radius 2 is 1.05 bits per heavy atom. The third-order valence-corrected chi connectivity index (χ3v) is 12.9. The summed E-state index contributed by atoms with van der Waals surface area (Å²) >= 11 is 0. The topological polar surface area (TPSA) is 9.86 Å². The Morgan fingerprint density at radius 1 is 0.429 bits per heavy atom. The Labute approximate surface area is 329 Å². The van der Waals surface area contributed by atoms with Crippen LogP contribution in [0.2, 0.25) is 0 Å². The lowest BCUT2D eigenvalue weighted by Gasteiger charge is -2.27. The second kappa shape index (κ2) is 13.9. The summed E-state index contributed by atoms with van der Waals surface area (Å²) in [5.41, 5.74) is 17.8. The van der Waals surface area contributed by atoms with Crippen LogP contribution < -0.4 is 0 Å². The molecule has 0 radical (unpaired) electrons. The number of fused-ring (bicyclic) bond motifs is 6. The van der Waals surface area contributed by atoms with Gasteiger partial charge in [0.1, 0.15) is 0 Å². The van der Waals surface area contributed by atoms with Crippen LogP contribution in [-0.4, -0.2) is 9.13 Å². The van der Waals surface area contributed by atoms with Crippen molar-refractivity contribution in [2.75, 3.05) is 0 Å². The molecule has 0 saturated heterocycles. The Morgan fingerprint density at radius 3 is 1.86 bits per heavy atom. The molecule has 0 amide bonds. The second-order valence-corrected chi connectivity index (χ2v) is 16.1. The number of para-hydroxylation sites is 1. The van der Waals surface area contributed by atoms with E-state index in [9.17, 15) is 0 Å². The predicted octanol–water partition coefficient (Wildman–Crippen LogP) is 14.4. The van der Waals surface area contributed by atoms with Crippen molar-refractivity contribution >= 4 is 43.9 Å². The zero-order valence-electron chi connectivity index (χ0n) is 31.9. The van der Waals surface area contributed by atoms with Crippen LogP contribution in [0.1, 0.15) is 73.0 Å². The highest BCUT2D eigenvalue weighted by molar-refractivity contribution is 6.10. The van der Waals surface area contributed by atoms with Gasteiger partial charge in [0.05, 0.1) is 12.1 Å². The lowest BCUT2D eigenvalue weighted by Crippen LogP contribution is -2.15. The quantitative estimate of drug-likeness (QED) is 0.162. The van der Waals surface area contributed by atoms with E-state index >= 15 is 0 Å². The fraction of sp³-hybridized carbons (Fsp3) is 0.185. The summed E-state index contributed by atoms with van der Waals surface area (Å²) in [5, 5.41) is 4.12. The minimum atomic E-state index is 0.258. The van der Waals surface area contributed by atoms with Crippen LogP contribution in [0, 0.1) is 0 Å². The molecular weight excluding hydrogens is 677 g/mol. The van der Waals surface area contributed by atoms with Crippen molar-refractivity contribution in [3.8, 4) is 22.3 Å². The first kappa shape index (κ1) is 33.2. The third kappa shape index (κ3) is 5.70. The van der Waals surface area contributed by atoms with Crippen molar-refractivity contribution in [2.45, 2.75) is 63.5 Å². The van der Waals surface area contributed by atoms with Crippen LogP contribution in [-0.2, 0) is 12.8 Å². The van der Waals surface area contributed by atoms with Crippen molar-refractivity contribution in [1.82, 2.24) is 9.13 Å². The van der Waals surface area contributed by atoms with Crippen molar-refractivity contribution in [1.29, 1.82) is 0 Å². The van der Waals surface area contributed by atoms with Crippen molar-refractivity contribution in [2.24, 2.45) is 0 Å². The van der Waals surface area contributed by atoms with E-state index in [1.165, 1.54) is 116 Å². The highest BCUT2D eigenvalue weighted by Gasteiger charge is 2.26. The molecule has 2 nitrogen and oxygen atoms in total. The summed E-state index contributed by atoms with van der Waals surface area (Å²) < 4.78 is 5.32. The van der Waals surface area contributed by atoms with Crippen LogP contribution in [0.4, 0.5) is 0 Å². The van der Waals surface area contributed by atoms with E-state index in [0.29, 0.717) is 6.04 Å². The minimum Gasteiger partial charge on any atom is -0.337 e. The van der Waals surface area contributed by atoms with Gasteiger partial charge in [-0.25, -0.2) is 0 Å². The highest BCUT2D eigenvalue weighted by Crippen LogP contribution is 2.43. The van der Waals surface area contributed by atoms with Gasteiger partial charge in [-0.05, 0) is 132 Å². The smallest absolute Gasteiger partial charge is 0.0566 e. The van der Waals surface area contributed by atoms with Gasteiger partial charge in [0.15, 0.2) is 0 Å². The molecule has 0 N–H and O–H groups in total. The zero-order chi connectivity index (χ0) is 37.0. The standard InChI is InChI=1S/C54H46N2/c1-3-13-37(14-4-1)39-25-27-40(28-26-39)42-18-12-20-46(34-42)56-52-24-10-8-22-48(52)50-36-44(30-32-54(50)56)43-29-31-53-49(35-43)47-21-7-9-23-51(47)55(53)45-19-11-17-41(33-45)38-15-5-2-6-16-38/h1-7,9,11,13-17,21,23,25-36,45-46H,8,10,12,18-20,22,24H2.